The van der Waals surface area contributed by atoms with Crippen LogP contribution in [0, 0.1) is 29.1 Å². The lowest BCUT2D eigenvalue weighted by Gasteiger charge is -2.36. The number of allylic oxidation sites excluding steroid dienone is 2. The van der Waals surface area contributed by atoms with Crippen molar-refractivity contribution >= 4 is 17.8 Å². The Bertz CT molecular complexity index is 773. The van der Waals surface area contributed by atoms with Gasteiger partial charge in [0.2, 0.25) is 5.91 Å². The first-order valence-electron chi connectivity index (χ1n) is 9.05. The minimum Gasteiger partial charge on any atom is -0.480 e. The molecule has 6 nitrogen and oxygen atoms in total. The molecule has 2 aliphatic carbocycles. The van der Waals surface area contributed by atoms with Gasteiger partial charge in [0.15, 0.2) is 0 Å². The second kappa shape index (κ2) is 6.40. The molecule has 0 spiro atoms. The highest BCUT2D eigenvalue weighted by molar-refractivity contribution is 5.93. The van der Waals surface area contributed by atoms with Gasteiger partial charge in [-0.25, -0.2) is 13.6 Å². The summed E-state index contributed by atoms with van der Waals surface area (Å²) in [4.78, 5) is 37.2. The molecule has 6 atom stereocenters. The fraction of sp³-hybridized carbons (Fsp3) is 0.722. The van der Waals surface area contributed by atoms with Crippen molar-refractivity contribution in [3.8, 4) is 0 Å². The van der Waals surface area contributed by atoms with Crippen molar-refractivity contribution in [3.63, 3.8) is 0 Å². The fourth-order valence-corrected chi connectivity index (χ4v) is 4.80. The molecule has 0 radical (unpaired) electrons. The van der Waals surface area contributed by atoms with Gasteiger partial charge in [-0.1, -0.05) is 32.9 Å². The van der Waals surface area contributed by atoms with Crippen LogP contribution in [-0.2, 0) is 14.4 Å². The van der Waals surface area contributed by atoms with E-state index in [1.54, 1.807) is 5.32 Å². The van der Waals surface area contributed by atoms with Crippen LogP contribution in [0.25, 0.3) is 0 Å². The molecule has 0 aromatic rings. The third-order valence-electron chi connectivity index (χ3n) is 6.07. The van der Waals surface area contributed by atoms with Crippen molar-refractivity contribution < 1.29 is 41.4 Å². The molecule has 0 aromatic carbocycles. The first kappa shape index (κ1) is 21.5. The number of amides is 2. The van der Waals surface area contributed by atoms with E-state index in [0.29, 0.717) is 0 Å². The summed E-state index contributed by atoms with van der Waals surface area (Å²) >= 11 is 0. The largest absolute Gasteiger partial charge is 0.480 e. The molecule has 2 fully saturated rings. The van der Waals surface area contributed by atoms with Gasteiger partial charge in [0.25, 0.3) is 5.92 Å². The zero-order valence-corrected chi connectivity index (χ0v) is 15.8. The molecule has 1 heterocycles. The lowest BCUT2D eigenvalue weighted by molar-refractivity contribution is -0.176. The third-order valence-corrected chi connectivity index (χ3v) is 6.07. The number of halogens is 5. The van der Waals surface area contributed by atoms with Crippen LogP contribution in [0.2, 0.25) is 0 Å². The van der Waals surface area contributed by atoms with E-state index < -0.39 is 71.1 Å². The molecule has 2 bridgehead atoms. The van der Waals surface area contributed by atoms with Gasteiger partial charge in [0.1, 0.15) is 12.1 Å². The number of nitrogens with zero attached hydrogens (tertiary/aromatic N) is 1. The van der Waals surface area contributed by atoms with Gasteiger partial charge >= 0.3 is 18.1 Å². The predicted octanol–water partition coefficient (Wildman–Crippen LogP) is 2.06. The number of carboxylic acid groups (broad SMARTS) is 1. The second-order valence-corrected chi connectivity index (χ2v) is 8.90. The molecule has 11 heteroatoms. The summed E-state index contributed by atoms with van der Waals surface area (Å²) in [6.07, 6.45) is -2.67. The van der Waals surface area contributed by atoms with E-state index in [1.165, 1.54) is 32.9 Å². The Kier molecular flexibility index (Phi) is 4.75. The van der Waals surface area contributed by atoms with E-state index >= 15 is 0 Å². The lowest BCUT2D eigenvalue weighted by atomic mass is 9.82. The molecule has 29 heavy (non-hydrogen) atoms. The van der Waals surface area contributed by atoms with E-state index in [9.17, 15) is 41.4 Å². The Morgan fingerprint density at radius 2 is 1.69 bits per heavy atom. The normalized spacial score (nSPS) is 33.5. The molecule has 3 rings (SSSR count). The van der Waals surface area contributed by atoms with Crippen LogP contribution in [0.1, 0.15) is 20.8 Å². The number of hydrogen-bond donors (Lipinski definition) is 2. The minimum absolute atomic E-state index is 0.323. The Balaban J connectivity index is 1.91. The van der Waals surface area contributed by atoms with Crippen molar-refractivity contribution in [3.05, 3.63) is 12.2 Å². The maximum absolute atomic E-state index is 14.4. The summed E-state index contributed by atoms with van der Waals surface area (Å²) in [6.45, 7) is 3.92. The summed E-state index contributed by atoms with van der Waals surface area (Å²) in [6, 6.07) is -3.28. The number of nitrogens with one attached hydrogen (secondary N) is 1. The second-order valence-electron chi connectivity index (χ2n) is 8.90. The van der Waals surface area contributed by atoms with Crippen LogP contribution in [0.5, 0.6) is 0 Å². The number of hydrogen-bond acceptors (Lipinski definition) is 3. The monoisotopic (exact) mass is 424 g/mol. The maximum Gasteiger partial charge on any atom is 0.471 e. The smallest absolute Gasteiger partial charge is 0.471 e. The highest BCUT2D eigenvalue weighted by atomic mass is 19.4. The fourth-order valence-electron chi connectivity index (χ4n) is 4.80. The first-order valence-corrected chi connectivity index (χ1v) is 9.05. The van der Waals surface area contributed by atoms with E-state index in [-0.39, 0.29) is 6.54 Å². The van der Waals surface area contributed by atoms with Crippen molar-refractivity contribution in [1.82, 2.24) is 10.2 Å². The Labute approximate surface area is 163 Å². The van der Waals surface area contributed by atoms with Crippen molar-refractivity contribution in [2.24, 2.45) is 29.1 Å². The number of carbonyl (C=O) groups is 3. The van der Waals surface area contributed by atoms with Gasteiger partial charge in [-0.2, -0.15) is 13.2 Å². The Morgan fingerprint density at radius 3 is 2.17 bits per heavy atom. The SMILES string of the molecule is CC(C)(C)[C@H](NC(=O)C(F)(F)F)C(=O)N1C[C@H]2[C@@H]([C@H]1C(=O)O)[C@H]1C=C[C@@H]2C1(F)F. The molecule has 3 aliphatic rings. The van der Waals surface area contributed by atoms with E-state index in [1.807, 2.05) is 0 Å². The first-order chi connectivity index (χ1) is 13.1. The van der Waals surface area contributed by atoms with Crippen LogP contribution in [0.3, 0.4) is 0 Å². The van der Waals surface area contributed by atoms with Crippen molar-refractivity contribution in [1.29, 1.82) is 0 Å². The molecule has 0 unspecified atom stereocenters. The zero-order chi connectivity index (χ0) is 22.1. The number of likely N-dealkylation sites (tertiary alicyclic amines) is 1. The molecule has 1 aliphatic heterocycles. The molecule has 2 amide bonds. The van der Waals surface area contributed by atoms with Crippen LogP contribution in [0.15, 0.2) is 12.2 Å². The summed E-state index contributed by atoms with van der Waals surface area (Å²) in [5, 5.41) is 11.3. The van der Waals surface area contributed by atoms with Gasteiger partial charge in [-0.05, 0) is 11.3 Å². The minimum atomic E-state index is -5.23. The highest BCUT2D eigenvalue weighted by Crippen LogP contribution is 2.61. The number of fused-ring (bicyclic) bond motifs is 5. The van der Waals surface area contributed by atoms with Crippen LogP contribution < -0.4 is 5.32 Å². The summed E-state index contributed by atoms with van der Waals surface area (Å²) in [7, 11) is 0. The Hall–Kier alpha value is -2.20. The van der Waals surface area contributed by atoms with Gasteiger partial charge in [0, 0.05) is 24.3 Å². The van der Waals surface area contributed by atoms with Crippen LogP contribution in [-0.4, -0.2) is 58.5 Å². The average Bonchev–Trinajstić information content (AvgIpc) is 3.14. The zero-order valence-electron chi connectivity index (χ0n) is 15.8. The molecule has 162 valence electrons. The topological polar surface area (TPSA) is 86.7 Å². The summed E-state index contributed by atoms with van der Waals surface area (Å²) < 4.78 is 66.9. The summed E-state index contributed by atoms with van der Waals surface area (Å²) in [5.74, 6) is -12.4. The van der Waals surface area contributed by atoms with Crippen LogP contribution in [0.4, 0.5) is 22.0 Å². The third kappa shape index (κ3) is 3.28. The number of carbonyl (C=O) groups excluding carboxylic acids is 2. The molecule has 1 saturated heterocycles. The van der Waals surface area contributed by atoms with Crippen LogP contribution >= 0.6 is 0 Å². The molecule has 2 N–H and O–H groups in total. The maximum atomic E-state index is 14.4. The quantitative estimate of drug-likeness (QED) is 0.537. The average molecular weight is 424 g/mol. The van der Waals surface area contributed by atoms with E-state index in [4.69, 9.17) is 0 Å². The molecular weight excluding hydrogens is 403 g/mol. The standard InChI is InChI=1S/C18H21F5N2O4/c1-16(2,3)12(24-15(29)18(21,22)23)13(26)25-6-7-8-4-5-9(17(8,19)20)10(7)11(25)14(27)28/h4-5,7-12H,6H2,1-3H3,(H,24,29)(H,27,28)/t7-,8+,9-,10-,11+,12-/m1/s1. The predicted molar refractivity (Wildman–Crippen MR) is 88.6 cm³/mol. The van der Waals surface area contributed by atoms with E-state index in [0.717, 1.165) is 4.90 Å². The number of carboxylic acids is 1. The molecular formula is C18H21F5N2O4. The van der Waals surface area contributed by atoms with Gasteiger partial charge in [-0.3, -0.25) is 9.59 Å². The molecule has 0 aromatic heterocycles. The van der Waals surface area contributed by atoms with Crippen molar-refractivity contribution in [2.45, 2.75) is 45.0 Å². The van der Waals surface area contributed by atoms with Gasteiger partial charge < -0.3 is 15.3 Å². The highest BCUT2D eigenvalue weighted by Gasteiger charge is 2.70. The van der Waals surface area contributed by atoms with Gasteiger partial charge in [0.05, 0.1) is 0 Å². The van der Waals surface area contributed by atoms with Gasteiger partial charge in [-0.15, -0.1) is 0 Å². The number of aliphatic carboxylic acids is 1. The molecule has 1 saturated carbocycles. The lowest BCUT2D eigenvalue weighted by Crippen LogP contribution is -2.59. The Morgan fingerprint density at radius 1 is 1.14 bits per heavy atom. The number of alkyl halides is 5. The van der Waals surface area contributed by atoms with Crippen molar-refractivity contribution in [2.75, 3.05) is 6.54 Å². The van der Waals surface area contributed by atoms with E-state index in [2.05, 4.69) is 0 Å². The summed E-state index contributed by atoms with van der Waals surface area (Å²) in [5.41, 5.74) is -1.18. The number of rotatable bonds is 3.